The normalized spacial score (nSPS) is 24.7. The molecule has 0 bridgehead atoms. The quantitative estimate of drug-likeness (QED) is 0.200. The number of nitrogens with one attached hydrogen (secondary N) is 1. The molecule has 3 aromatic rings. The van der Waals surface area contributed by atoms with Crippen molar-refractivity contribution < 1.29 is 37.4 Å². The summed E-state index contributed by atoms with van der Waals surface area (Å²) in [7, 11) is -3.15. The van der Waals surface area contributed by atoms with Gasteiger partial charge in [0.2, 0.25) is 0 Å². The number of nitrogen functional groups attached to an aromatic ring is 1. The van der Waals surface area contributed by atoms with E-state index in [1.807, 2.05) is 0 Å². The molecule has 0 spiro atoms. The van der Waals surface area contributed by atoms with Gasteiger partial charge in [0.25, 0.3) is 0 Å². The fourth-order valence-corrected chi connectivity index (χ4v) is 5.94. The molecule has 1 aliphatic rings. The van der Waals surface area contributed by atoms with Crippen molar-refractivity contribution in [3.8, 4) is 18.1 Å². The second-order valence-corrected chi connectivity index (χ2v) is 11.3. The molecule has 14 heteroatoms. The zero-order valence-electron chi connectivity index (χ0n) is 21.7. The molecule has 0 amide bonds. The van der Waals surface area contributed by atoms with E-state index in [1.165, 1.54) is 50.2 Å². The number of carbonyl (C=O) groups excluding carboxylic acids is 1. The molecule has 1 aromatic carbocycles. The fraction of sp³-hybridized carbons (Fsp3) is 0.400. The Balaban J connectivity index is 1.61. The number of nitrogens with zero attached hydrogens (tertiary/aromatic N) is 3. The van der Waals surface area contributed by atoms with Gasteiger partial charge in [-0.15, -0.1) is 6.42 Å². The van der Waals surface area contributed by atoms with Crippen molar-refractivity contribution in [2.24, 2.45) is 0 Å². The number of para-hydroxylation sites is 1. The molecule has 3 heterocycles. The smallest absolute Gasteiger partial charge is 0.459 e. The summed E-state index contributed by atoms with van der Waals surface area (Å²) in [6.45, 7) is 3.41. The van der Waals surface area contributed by atoms with Crippen LogP contribution in [0.25, 0.3) is 11.0 Å². The molecule has 39 heavy (non-hydrogen) atoms. The number of nitrogens with two attached hydrogens (primary N) is 1. The van der Waals surface area contributed by atoms with Crippen molar-refractivity contribution in [2.45, 2.75) is 50.4 Å². The highest BCUT2D eigenvalue weighted by atomic mass is 31.2. The minimum Gasteiger partial charge on any atom is -0.468 e. The number of esters is 1. The van der Waals surface area contributed by atoms with Crippen LogP contribution in [0.1, 0.15) is 32.6 Å². The van der Waals surface area contributed by atoms with Crippen LogP contribution in [0, 0.1) is 12.3 Å². The fourth-order valence-electron chi connectivity index (χ4n) is 4.26. The van der Waals surface area contributed by atoms with E-state index in [1.54, 1.807) is 18.2 Å². The Labute approximate surface area is 224 Å². The number of aliphatic hydroxyl groups excluding tert-OH is 1. The Morgan fingerprint density at radius 1 is 1.38 bits per heavy atom. The van der Waals surface area contributed by atoms with E-state index in [-0.39, 0.29) is 17.2 Å². The number of aromatic nitrogens is 3. The third-order valence-electron chi connectivity index (χ3n) is 6.25. The third-order valence-corrected chi connectivity index (χ3v) is 8.03. The van der Waals surface area contributed by atoms with Crippen LogP contribution in [0.2, 0.25) is 0 Å². The van der Waals surface area contributed by atoms with E-state index in [4.69, 9.17) is 30.7 Å². The van der Waals surface area contributed by atoms with Crippen LogP contribution >= 0.6 is 7.75 Å². The van der Waals surface area contributed by atoms with Gasteiger partial charge in [0, 0.05) is 6.20 Å². The van der Waals surface area contributed by atoms with Crippen LogP contribution in [-0.4, -0.2) is 62.7 Å². The molecule has 2 aromatic heterocycles. The van der Waals surface area contributed by atoms with E-state index in [2.05, 4.69) is 21.0 Å². The predicted molar refractivity (Wildman–Crippen MR) is 139 cm³/mol. The van der Waals surface area contributed by atoms with Crippen molar-refractivity contribution in [3.63, 3.8) is 0 Å². The highest BCUT2D eigenvalue weighted by molar-refractivity contribution is 7.52. The maximum Gasteiger partial charge on any atom is 0.459 e. The van der Waals surface area contributed by atoms with Crippen LogP contribution in [0.4, 0.5) is 10.2 Å². The van der Waals surface area contributed by atoms with Crippen molar-refractivity contribution in [2.75, 3.05) is 19.5 Å². The van der Waals surface area contributed by atoms with Gasteiger partial charge in [-0.25, -0.2) is 18.9 Å². The Hall–Kier alpha value is -3.53. The zero-order chi connectivity index (χ0) is 28.6. The van der Waals surface area contributed by atoms with Crippen molar-refractivity contribution in [3.05, 3.63) is 48.4 Å². The Kier molecular flexibility index (Phi) is 7.71. The minimum atomic E-state index is -4.32. The van der Waals surface area contributed by atoms with Crippen molar-refractivity contribution in [1.29, 1.82) is 0 Å². The number of ether oxygens (including phenoxy) is 2. The minimum absolute atomic E-state index is 0.101. The summed E-state index contributed by atoms with van der Waals surface area (Å²) in [4.78, 5) is 20.3. The molecule has 4 rings (SSSR count). The van der Waals surface area contributed by atoms with E-state index in [9.17, 15) is 14.5 Å². The Bertz CT molecular complexity index is 1460. The molecular weight excluding hydrogens is 532 g/mol. The number of anilines is 1. The number of fused-ring (bicyclic) bond motifs is 1. The van der Waals surface area contributed by atoms with E-state index in [0.717, 1.165) is 6.92 Å². The summed E-state index contributed by atoms with van der Waals surface area (Å²) in [6.07, 6.45) is 3.77. The first-order valence-electron chi connectivity index (χ1n) is 11.8. The first-order chi connectivity index (χ1) is 18.3. The number of carbonyl (C=O) groups is 1. The second-order valence-electron chi connectivity index (χ2n) is 9.60. The second kappa shape index (κ2) is 10.6. The van der Waals surface area contributed by atoms with Gasteiger partial charge >= 0.3 is 13.7 Å². The molecule has 1 saturated heterocycles. The average Bonchev–Trinajstić information content (AvgIpc) is 3.37. The molecule has 5 atom stereocenters. The van der Waals surface area contributed by atoms with Crippen LogP contribution in [0.15, 0.2) is 42.9 Å². The van der Waals surface area contributed by atoms with Crippen molar-refractivity contribution >= 4 is 30.6 Å². The molecule has 208 valence electrons. The number of benzene rings is 1. The summed E-state index contributed by atoms with van der Waals surface area (Å²) in [6, 6.07) is 8.09. The van der Waals surface area contributed by atoms with Crippen LogP contribution < -0.4 is 15.3 Å². The van der Waals surface area contributed by atoms with Gasteiger partial charge in [-0.2, -0.15) is 5.09 Å². The average molecular weight is 562 g/mol. The summed E-state index contributed by atoms with van der Waals surface area (Å²) in [5.41, 5.74) is 2.61. The SMILES string of the molecule is C#Cc1cn([C@@H]2O[C@H](COP(=O)(NC(C)(C)C(=O)OC)Oc3ccccc3)[C@@H](O)[C@@]2(C)F)c2ncnc(N)c12. The standard InChI is InChI=1S/C25H29FN5O7P/c1-6-15-12-31(21-18(15)20(27)28-14-29-21)22-25(4,26)19(32)17(37-22)13-36-39(34,30-24(2,3)23(33)35-5)38-16-10-8-7-9-11-16/h1,7-12,14,17,19,22,32H,13H2,2-5H3,(H,30,34)(H2,27,28,29)/t17-,19-,22-,25-,39?/m1/s1. The highest BCUT2D eigenvalue weighted by Crippen LogP contribution is 2.49. The number of halogens is 1. The number of hydrogen-bond donors (Lipinski definition) is 3. The third kappa shape index (κ3) is 5.48. The number of methoxy groups -OCH3 is 1. The van der Waals surface area contributed by atoms with E-state index in [0.29, 0.717) is 10.9 Å². The molecule has 1 unspecified atom stereocenters. The van der Waals surface area contributed by atoms with Crippen LogP contribution in [-0.2, 0) is 23.4 Å². The van der Waals surface area contributed by atoms with Gasteiger partial charge in [-0.1, -0.05) is 24.1 Å². The lowest BCUT2D eigenvalue weighted by Crippen LogP contribution is -2.47. The van der Waals surface area contributed by atoms with Gasteiger partial charge in [0.05, 0.1) is 24.7 Å². The lowest BCUT2D eigenvalue weighted by atomic mass is 9.98. The summed E-state index contributed by atoms with van der Waals surface area (Å²) in [5.74, 6) is 2.00. The number of rotatable bonds is 9. The number of aliphatic hydroxyl groups is 1. The molecule has 4 N–H and O–H groups in total. The van der Waals surface area contributed by atoms with Gasteiger partial charge < -0.3 is 29.4 Å². The van der Waals surface area contributed by atoms with E-state index >= 15 is 4.39 Å². The van der Waals surface area contributed by atoms with E-state index < -0.39 is 50.0 Å². The zero-order valence-corrected chi connectivity index (χ0v) is 22.6. The molecule has 1 fully saturated rings. The van der Waals surface area contributed by atoms with Gasteiger partial charge in [0.15, 0.2) is 11.9 Å². The number of alkyl halides is 1. The molecule has 0 saturated carbocycles. The Morgan fingerprint density at radius 2 is 2.08 bits per heavy atom. The Morgan fingerprint density at radius 3 is 2.72 bits per heavy atom. The highest BCUT2D eigenvalue weighted by Gasteiger charge is 2.56. The maximum atomic E-state index is 16.0. The van der Waals surface area contributed by atoms with Gasteiger partial charge in [-0.05, 0) is 32.9 Å². The molecule has 12 nitrogen and oxygen atoms in total. The van der Waals surface area contributed by atoms with Crippen molar-refractivity contribution in [1.82, 2.24) is 19.6 Å². The largest absolute Gasteiger partial charge is 0.468 e. The summed E-state index contributed by atoms with van der Waals surface area (Å²) in [5, 5.41) is 13.8. The topological polar surface area (TPSA) is 160 Å². The summed E-state index contributed by atoms with van der Waals surface area (Å²) >= 11 is 0. The lowest BCUT2D eigenvalue weighted by molar-refractivity contribution is -0.146. The molecule has 1 aliphatic heterocycles. The molecule has 0 aliphatic carbocycles. The predicted octanol–water partition coefficient (Wildman–Crippen LogP) is 2.73. The molecular formula is C25H29FN5O7P. The number of terminal acetylenes is 1. The van der Waals surface area contributed by atoms with Gasteiger partial charge in [0.1, 0.15) is 41.3 Å². The number of hydrogen-bond acceptors (Lipinski definition) is 10. The van der Waals surface area contributed by atoms with Gasteiger partial charge in [-0.3, -0.25) is 9.32 Å². The lowest BCUT2D eigenvalue weighted by Gasteiger charge is -2.29. The molecule has 0 radical (unpaired) electrons. The summed E-state index contributed by atoms with van der Waals surface area (Å²) < 4.78 is 53.0. The maximum absolute atomic E-state index is 16.0. The first kappa shape index (κ1) is 28.5. The van der Waals surface area contributed by atoms with Crippen LogP contribution in [0.5, 0.6) is 5.75 Å². The first-order valence-corrected chi connectivity index (χ1v) is 13.3. The van der Waals surface area contributed by atoms with Crippen LogP contribution in [0.3, 0.4) is 0 Å². The monoisotopic (exact) mass is 561 g/mol.